The molecule has 0 radical (unpaired) electrons. The van der Waals surface area contributed by atoms with Gasteiger partial charge in [0.1, 0.15) is 37.2 Å². The Labute approximate surface area is 436 Å². The second kappa shape index (κ2) is 21.2. The average molecular weight is 1100 g/mol. The highest BCUT2D eigenvalue weighted by Crippen LogP contribution is 2.46. The number of nitrogens with one attached hydrogen (secondary N) is 4. The second-order valence-electron chi connectivity index (χ2n) is 18.1. The van der Waals surface area contributed by atoms with Gasteiger partial charge >= 0.3 is 5.97 Å². The fourth-order valence-electron chi connectivity index (χ4n) is 9.71. The molecular weight excluding hydrogens is 1050 g/mol. The molecule has 1 saturated heterocycles. The van der Waals surface area contributed by atoms with Crippen LogP contribution < -0.4 is 27.0 Å². The molecule has 3 heterocycles. The van der Waals surface area contributed by atoms with E-state index in [9.17, 15) is 65.5 Å². The number of carboxylic acids is 1. The van der Waals surface area contributed by atoms with E-state index in [1.54, 1.807) is 25.1 Å². The van der Waals surface area contributed by atoms with E-state index < -0.39 is 131 Å². The topological polar surface area (TPSA) is 406 Å². The van der Waals surface area contributed by atoms with E-state index in [2.05, 4.69) is 26.3 Å². The van der Waals surface area contributed by atoms with Crippen molar-refractivity contribution in [3.05, 3.63) is 119 Å². The normalized spacial score (nSPS) is 19.3. The number of carbonyl (C=O) groups excluding carboxylic acids is 3. The van der Waals surface area contributed by atoms with Gasteiger partial charge in [0.05, 0.1) is 47.2 Å². The molecule has 2 aliphatic carbocycles. The van der Waals surface area contributed by atoms with Crippen molar-refractivity contribution in [3.8, 4) is 45.0 Å². The van der Waals surface area contributed by atoms with Crippen molar-refractivity contribution in [1.29, 1.82) is 5.41 Å². The number of hydrogen-bond donors (Lipinski definition) is 11. The molecule has 0 bridgehead atoms. The summed E-state index contributed by atoms with van der Waals surface area (Å²) in [6, 6.07) is 21.4. The number of aliphatic hydroxyl groups excluding tert-OH is 3. The van der Waals surface area contributed by atoms with Crippen LogP contribution in [0.4, 0.5) is 5.69 Å². The third-order valence-corrected chi connectivity index (χ3v) is 15.1. The summed E-state index contributed by atoms with van der Waals surface area (Å²) in [7, 11) is -10.5. The van der Waals surface area contributed by atoms with Crippen molar-refractivity contribution >= 4 is 60.6 Å². The number of amides is 3. The van der Waals surface area contributed by atoms with Gasteiger partial charge < -0.3 is 56.0 Å². The number of nitrogens with zero attached hydrogens (tertiary/aromatic N) is 3. The third kappa shape index (κ3) is 10.5. The van der Waals surface area contributed by atoms with Crippen molar-refractivity contribution in [3.63, 3.8) is 0 Å². The molecule has 27 heteroatoms. The van der Waals surface area contributed by atoms with Gasteiger partial charge in [0, 0.05) is 52.7 Å². The van der Waals surface area contributed by atoms with E-state index >= 15 is 0 Å². The molecule has 1 aromatic heterocycles. The molecule has 0 saturated carbocycles. The molecule has 2 aliphatic heterocycles. The summed E-state index contributed by atoms with van der Waals surface area (Å²) in [4.78, 5) is 51.2. The maximum absolute atomic E-state index is 13.6. The standard InChI is InChI=1S/C50H48N8O17S2/c1-23-40(44(63)43(62)36(21-59)74-23)55-37(60)20-58-42-29-9-5-4-8-27(29)35(19-24-6-2-3-7-26(24)41(42)56-57-58)73-22-38(61)53-16-17-54-49(64)25-10-11-28(32(18-25)50(65)66)39-30-12-14-33(51)47(76(67,68)69)45(30)75-46-31(39)13-15-34(52)48(46)77(70,71)72/h2-15,18,23,35-36,40,43-44,51,59,62-63H,16-17,19-22,52H2,1H3,(H,53,61)(H,54,64)(H,55,60)(H,65,66)(H,67,68,69)(H,70,71,72)/t23-,35?,36?,40?,43-,44+/m0/s1. The molecule has 25 nitrogen and oxygen atoms in total. The van der Waals surface area contributed by atoms with E-state index in [1.807, 2.05) is 30.3 Å². The lowest BCUT2D eigenvalue weighted by atomic mass is 9.87. The van der Waals surface area contributed by atoms with Crippen LogP contribution >= 0.6 is 0 Å². The third-order valence-electron chi connectivity index (χ3n) is 13.2. The summed E-state index contributed by atoms with van der Waals surface area (Å²) in [5.41, 5.74) is 6.96. The zero-order valence-corrected chi connectivity index (χ0v) is 41.9. The monoisotopic (exact) mass is 1100 g/mol. The van der Waals surface area contributed by atoms with Gasteiger partial charge in [-0.05, 0) is 60.0 Å². The highest BCUT2D eigenvalue weighted by Gasteiger charge is 2.43. The number of ether oxygens (including phenoxy) is 2. The Kier molecular flexibility index (Phi) is 14.8. The highest BCUT2D eigenvalue weighted by atomic mass is 32.2. The van der Waals surface area contributed by atoms with Crippen LogP contribution in [0.2, 0.25) is 0 Å². The number of rotatable bonds is 15. The van der Waals surface area contributed by atoms with Crippen LogP contribution in [-0.2, 0) is 52.3 Å². The molecule has 1 fully saturated rings. The average Bonchev–Trinajstić information content (AvgIpc) is 3.91. The van der Waals surface area contributed by atoms with Gasteiger partial charge in [-0.25, -0.2) is 9.48 Å². The molecule has 402 valence electrons. The van der Waals surface area contributed by atoms with Crippen LogP contribution in [-0.4, -0.2) is 142 Å². The van der Waals surface area contributed by atoms with E-state index in [0.29, 0.717) is 34.5 Å². The Balaban J connectivity index is 0.901. The number of carbonyl (C=O) groups is 4. The van der Waals surface area contributed by atoms with Crippen LogP contribution in [0.3, 0.4) is 0 Å². The summed E-state index contributed by atoms with van der Waals surface area (Å²) in [5, 5.41) is 65.3. The molecule has 3 unspecified atom stereocenters. The fourth-order valence-corrected chi connectivity index (χ4v) is 11.2. The first-order valence-corrected chi connectivity index (χ1v) is 26.3. The lowest BCUT2D eigenvalue weighted by molar-refractivity contribution is -0.190. The Hall–Kier alpha value is -7.99. The van der Waals surface area contributed by atoms with Crippen molar-refractivity contribution < 1.29 is 79.4 Å². The molecule has 0 spiro atoms. The Morgan fingerprint density at radius 3 is 2.25 bits per heavy atom. The smallest absolute Gasteiger partial charge is 0.336 e. The zero-order valence-electron chi connectivity index (χ0n) is 40.3. The minimum absolute atomic E-state index is 0.110. The van der Waals surface area contributed by atoms with Gasteiger partial charge in [0.15, 0.2) is 21.1 Å². The highest BCUT2D eigenvalue weighted by molar-refractivity contribution is 7.86. The van der Waals surface area contributed by atoms with Crippen molar-refractivity contribution in [2.24, 2.45) is 0 Å². The summed E-state index contributed by atoms with van der Waals surface area (Å²) in [6.45, 7) is -0.00103. The van der Waals surface area contributed by atoms with E-state index in [1.165, 1.54) is 28.9 Å². The first-order valence-electron chi connectivity index (χ1n) is 23.5. The van der Waals surface area contributed by atoms with E-state index in [0.717, 1.165) is 23.8 Å². The maximum Gasteiger partial charge on any atom is 0.336 e. The predicted octanol–water partition coefficient (Wildman–Crippen LogP) is 1.53. The molecule has 4 aromatic carbocycles. The fraction of sp³-hybridized carbons (Fsp3) is 0.260. The first kappa shape index (κ1) is 53.8. The van der Waals surface area contributed by atoms with Gasteiger partial charge in [-0.2, -0.15) is 16.8 Å². The number of nitrogen functional groups attached to an aromatic ring is 1. The Morgan fingerprint density at radius 1 is 0.844 bits per heavy atom. The van der Waals surface area contributed by atoms with Crippen LogP contribution in [0.15, 0.2) is 105 Å². The zero-order chi connectivity index (χ0) is 55.2. The van der Waals surface area contributed by atoms with Crippen LogP contribution in [0.1, 0.15) is 44.9 Å². The number of carboxylic acid groups (broad SMARTS) is 1. The maximum atomic E-state index is 13.6. The number of fused-ring (bicyclic) bond motifs is 7. The van der Waals surface area contributed by atoms with Crippen LogP contribution in [0.25, 0.3) is 55.9 Å². The number of aromatic nitrogens is 3. The summed E-state index contributed by atoms with van der Waals surface area (Å²) in [5.74, 6) is -4.28. The predicted molar refractivity (Wildman–Crippen MR) is 269 cm³/mol. The van der Waals surface area contributed by atoms with E-state index in [4.69, 9.17) is 25.0 Å². The van der Waals surface area contributed by atoms with Crippen LogP contribution in [0, 0.1) is 5.41 Å². The summed E-state index contributed by atoms with van der Waals surface area (Å²) >= 11 is 0. The lowest BCUT2D eigenvalue weighted by Gasteiger charge is -2.41. The number of benzene rings is 5. The largest absolute Gasteiger partial charge is 0.478 e. The van der Waals surface area contributed by atoms with Gasteiger partial charge in [-0.15, -0.1) is 5.10 Å². The summed E-state index contributed by atoms with van der Waals surface area (Å²) < 4.78 is 89.5. The molecule has 9 rings (SSSR count). The van der Waals surface area contributed by atoms with Gasteiger partial charge in [0.2, 0.25) is 11.8 Å². The van der Waals surface area contributed by atoms with Crippen molar-refractivity contribution in [2.75, 3.05) is 32.0 Å². The number of anilines is 1. The van der Waals surface area contributed by atoms with Crippen molar-refractivity contribution in [2.45, 2.75) is 66.2 Å². The lowest BCUT2D eigenvalue weighted by Crippen LogP contribution is -2.63. The second-order valence-corrected chi connectivity index (χ2v) is 20.8. The Bertz CT molecular complexity index is 3790. The minimum atomic E-state index is -5.26. The first-order chi connectivity index (χ1) is 36.6. The SMILES string of the molecule is C[C@@H]1OC(CO)[C@H](O)[C@H](O)C1NC(=O)Cn1nnc2c1-c1ccccc1C(OCC(=O)NCCNC(=O)c1ccc(-c3c4ccc(=N)c(S(=O)(=O)O)c-4oc4c(S(=O)(=O)O)c(N)ccc34)c(C(=O)O)c1)Cc1ccccc1-2. The number of hydrogen-bond acceptors (Lipinski definition) is 18. The van der Waals surface area contributed by atoms with Gasteiger partial charge in [-0.3, -0.25) is 28.9 Å². The number of nitrogens with two attached hydrogens (primary N) is 1. The Morgan fingerprint density at radius 2 is 1.53 bits per heavy atom. The molecule has 4 aliphatic rings. The molecular formula is C50H48N8O17S2. The number of aromatic carboxylic acids is 1. The molecule has 5 aromatic rings. The van der Waals surface area contributed by atoms with Crippen LogP contribution in [0.5, 0.6) is 0 Å². The summed E-state index contributed by atoms with van der Waals surface area (Å²) in [6.07, 6.45) is -5.11. The molecule has 6 atom stereocenters. The van der Waals surface area contributed by atoms with Gasteiger partial charge in [0.25, 0.3) is 26.1 Å². The molecule has 77 heavy (non-hydrogen) atoms. The minimum Gasteiger partial charge on any atom is -0.478 e. The van der Waals surface area contributed by atoms with Crippen molar-refractivity contribution in [1.82, 2.24) is 30.9 Å². The molecule has 3 amide bonds. The molecule has 12 N–H and O–H groups in total. The van der Waals surface area contributed by atoms with Gasteiger partial charge in [-0.1, -0.05) is 59.8 Å². The quantitative estimate of drug-likeness (QED) is 0.0300. The number of aliphatic hydroxyl groups is 3. The van der Waals surface area contributed by atoms with E-state index in [-0.39, 0.29) is 47.3 Å².